The molecule has 37 heteroatoms. The SMILES string of the molecule is CC(C)C[C@H](NC(=O)[C@@H](NC(=O)[C@H](CC1CCCCC1)NC(=O)[C@H](CO)NC(=O)[C@@H](N)CCCN=C(N)N)[C@@H](C)O)C(=O)N[C@@H](C)C(=O)N[C@@H](CO)C(=O)N[C@@H](CO)C(=O)N[C@@H](CCC(=O)O)C(=O)N[C@H](C(=O)NCC(=O)N[C@H](C(=O)NCC(=O)O)C(C)C)[C@@H](C)O. The van der Waals surface area contributed by atoms with Crippen molar-refractivity contribution in [1.82, 2.24) is 63.8 Å². The number of carboxylic acid groups (broad SMARTS) is 2. The fourth-order valence-corrected chi connectivity index (χ4v) is 9.12. The molecule has 37 nitrogen and oxygen atoms in total. The zero-order chi connectivity index (χ0) is 70.1. The van der Waals surface area contributed by atoms with Crippen molar-refractivity contribution in [2.24, 2.45) is 39.9 Å². The van der Waals surface area contributed by atoms with Gasteiger partial charge in [0.25, 0.3) is 0 Å². The predicted molar refractivity (Wildman–Crippen MR) is 323 cm³/mol. The number of hydrogen-bond acceptors (Lipinski definition) is 21. The molecule has 1 aliphatic carbocycles. The van der Waals surface area contributed by atoms with Crippen LogP contribution < -0.4 is 81.0 Å². The van der Waals surface area contributed by atoms with Crippen LogP contribution >= 0.6 is 0 Å². The van der Waals surface area contributed by atoms with Gasteiger partial charge >= 0.3 is 11.9 Å². The Balaban J connectivity index is 3.20. The summed E-state index contributed by atoms with van der Waals surface area (Å²) in [6.07, 6.45) is -0.423. The highest BCUT2D eigenvalue weighted by molar-refractivity contribution is 5.99. The van der Waals surface area contributed by atoms with Crippen molar-refractivity contribution in [2.45, 2.75) is 198 Å². The van der Waals surface area contributed by atoms with Gasteiger partial charge in [-0.15, -0.1) is 0 Å². The first-order valence-corrected chi connectivity index (χ1v) is 30.1. The Morgan fingerprint density at radius 1 is 0.467 bits per heavy atom. The third kappa shape index (κ3) is 30.6. The number of carbonyl (C=O) groups excluding carboxylic acids is 12. The topological polar surface area (TPSA) is 615 Å². The number of nitrogens with zero attached hydrogens (tertiary/aromatic N) is 1. The van der Waals surface area contributed by atoms with Gasteiger partial charge in [-0.05, 0) is 70.6 Å². The fraction of sp³-hybridized carbons (Fsp3) is 0.727. The third-order valence-electron chi connectivity index (χ3n) is 14.3. The standard InChI is InChI=1S/C55H96N16O21/c1-25(2)18-33(65-54(92)43(29(7)76)71-48(86)34(19-30-12-9-8-10-13-30)64-50(88)36(23-73)67-45(83)31(56)14-11-17-59-55(57)58)47(85)62-27(5)44(82)66-35(22-72)51(89)68-37(24-74)49(87)63-32(15-16-39(78)79)46(84)70-42(28(6)75)53(91)60-20-38(77)69-41(26(3)4)52(90)61-21-40(80)81/h25-37,41-43,72-76H,8-24,56H2,1-7H3,(H,60,91)(H,61,90)(H,62,85)(H,63,87)(H,64,88)(H,65,92)(H,66,82)(H,67,83)(H,68,89)(H,69,77)(H,70,84)(H,71,86)(H,78,79)(H,80,81)(H4,57,58,59)/t27-,28+,29+,31-,32-,33-,34-,35-,36-,37-,41-,42-,43-/m0/s1. The summed E-state index contributed by atoms with van der Waals surface area (Å²) in [4.78, 5) is 187. The molecule has 1 rings (SSSR count). The van der Waals surface area contributed by atoms with E-state index in [4.69, 9.17) is 22.3 Å². The van der Waals surface area contributed by atoms with Gasteiger partial charge in [0.05, 0.1) is 44.6 Å². The Morgan fingerprint density at radius 3 is 1.38 bits per heavy atom. The van der Waals surface area contributed by atoms with E-state index in [2.05, 4.69) is 68.8 Å². The van der Waals surface area contributed by atoms with Gasteiger partial charge < -0.3 is 117 Å². The van der Waals surface area contributed by atoms with Crippen LogP contribution in [-0.2, 0) is 67.1 Å². The first-order chi connectivity index (χ1) is 43.1. The summed E-state index contributed by atoms with van der Waals surface area (Å²) in [7, 11) is 0. The number of aliphatic imine (C=N–C) groups is 1. The number of nitrogens with one attached hydrogen (secondary N) is 12. The second-order valence-corrected chi connectivity index (χ2v) is 23.1. The number of rotatable bonds is 42. The maximum atomic E-state index is 14.1. The summed E-state index contributed by atoms with van der Waals surface area (Å²) >= 11 is 0. The lowest BCUT2D eigenvalue weighted by molar-refractivity contribution is -0.139. The van der Waals surface area contributed by atoms with E-state index in [1.54, 1.807) is 13.8 Å². The third-order valence-corrected chi connectivity index (χ3v) is 14.3. The Morgan fingerprint density at radius 2 is 0.902 bits per heavy atom. The van der Waals surface area contributed by atoms with Crippen LogP contribution in [0.3, 0.4) is 0 Å². The molecular formula is C55H96N16O21. The molecule has 1 fully saturated rings. The number of guanidine groups is 1. The number of aliphatic hydroxyl groups excluding tert-OH is 5. The highest BCUT2D eigenvalue weighted by Crippen LogP contribution is 2.27. The van der Waals surface area contributed by atoms with Crippen molar-refractivity contribution in [3.63, 3.8) is 0 Å². The Bertz CT molecular complexity index is 2550. The number of nitrogens with two attached hydrogens (primary N) is 3. The number of amides is 12. The number of aliphatic carboxylic acids is 2. The normalized spacial score (nSPS) is 16.6. The first kappa shape index (κ1) is 81.6. The zero-order valence-electron chi connectivity index (χ0n) is 52.8. The molecule has 0 radical (unpaired) electrons. The van der Waals surface area contributed by atoms with Gasteiger partial charge in [-0.1, -0.05) is 59.8 Å². The van der Waals surface area contributed by atoms with Crippen LogP contribution in [0.15, 0.2) is 4.99 Å². The maximum absolute atomic E-state index is 14.1. The van der Waals surface area contributed by atoms with Crippen LogP contribution in [0.25, 0.3) is 0 Å². The summed E-state index contributed by atoms with van der Waals surface area (Å²) in [6.45, 7) is 5.13. The summed E-state index contributed by atoms with van der Waals surface area (Å²) < 4.78 is 0. The molecule has 0 spiro atoms. The molecule has 25 N–H and O–H groups in total. The molecule has 0 heterocycles. The summed E-state index contributed by atoms with van der Waals surface area (Å²) in [6, 6.07) is -17.7. The molecule has 0 aromatic heterocycles. The van der Waals surface area contributed by atoms with E-state index in [1.165, 1.54) is 20.8 Å². The molecule has 0 aromatic rings. The van der Waals surface area contributed by atoms with Crippen molar-refractivity contribution in [1.29, 1.82) is 0 Å². The van der Waals surface area contributed by atoms with Crippen LogP contribution in [0.2, 0.25) is 0 Å². The molecule has 522 valence electrons. The number of aliphatic hydroxyl groups is 5. The van der Waals surface area contributed by atoms with Gasteiger partial charge in [-0.2, -0.15) is 0 Å². The molecule has 13 atom stereocenters. The largest absolute Gasteiger partial charge is 0.481 e. The monoisotopic (exact) mass is 1320 g/mol. The summed E-state index contributed by atoms with van der Waals surface area (Å²) in [5, 5.41) is 97.2. The molecule has 0 saturated heterocycles. The summed E-state index contributed by atoms with van der Waals surface area (Å²) in [5.41, 5.74) is 16.6. The van der Waals surface area contributed by atoms with Gasteiger partial charge in [-0.3, -0.25) is 72.1 Å². The van der Waals surface area contributed by atoms with E-state index in [0.717, 1.165) is 33.1 Å². The van der Waals surface area contributed by atoms with Gasteiger partial charge in [0, 0.05) is 13.0 Å². The van der Waals surface area contributed by atoms with Crippen LogP contribution in [0.1, 0.15) is 119 Å². The maximum Gasteiger partial charge on any atom is 0.322 e. The summed E-state index contributed by atoms with van der Waals surface area (Å²) in [5.74, 6) is -16.7. The minimum Gasteiger partial charge on any atom is -0.481 e. The van der Waals surface area contributed by atoms with Crippen molar-refractivity contribution in [2.75, 3.05) is 39.5 Å². The van der Waals surface area contributed by atoms with E-state index in [1.807, 2.05) is 0 Å². The van der Waals surface area contributed by atoms with E-state index in [0.29, 0.717) is 19.3 Å². The van der Waals surface area contributed by atoms with Crippen LogP contribution in [0.5, 0.6) is 0 Å². The van der Waals surface area contributed by atoms with E-state index in [9.17, 15) is 97.8 Å². The molecule has 0 unspecified atom stereocenters. The van der Waals surface area contributed by atoms with Gasteiger partial charge in [0.1, 0.15) is 67.0 Å². The molecule has 12 amide bonds. The molecule has 1 aliphatic rings. The molecule has 92 heavy (non-hydrogen) atoms. The molecular weight excluding hydrogens is 1220 g/mol. The van der Waals surface area contributed by atoms with Crippen molar-refractivity contribution in [3.8, 4) is 0 Å². The highest BCUT2D eigenvalue weighted by atomic mass is 16.4. The van der Waals surface area contributed by atoms with E-state index in [-0.39, 0.29) is 43.6 Å². The van der Waals surface area contributed by atoms with E-state index >= 15 is 0 Å². The van der Waals surface area contributed by atoms with Gasteiger partial charge in [-0.25, -0.2) is 0 Å². The molecule has 0 aliphatic heterocycles. The van der Waals surface area contributed by atoms with Crippen molar-refractivity contribution in [3.05, 3.63) is 0 Å². The van der Waals surface area contributed by atoms with Crippen LogP contribution in [-0.4, -0.2) is 243 Å². The second-order valence-electron chi connectivity index (χ2n) is 23.1. The zero-order valence-corrected chi connectivity index (χ0v) is 52.8. The molecule has 0 bridgehead atoms. The minimum absolute atomic E-state index is 0.0614. The highest BCUT2D eigenvalue weighted by Gasteiger charge is 2.38. The lowest BCUT2D eigenvalue weighted by Gasteiger charge is -2.30. The molecule has 1 saturated carbocycles. The van der Waals surface area contributed by atoms with Crippen molar-refractivity contribution < 1.29 is 103 Å². The number of hydrogen-bond donors (Lipinski definition) is 22. The first-order valence-electron chi connectivity index (χ1n) is 30.1. The lowest BCUT2D eigenvalue weighted by atomic mass is 9.84. The smallest absolute Gasteiger partial charge is 0.322 e. The second kappa shape index (κ2) is 41.9. The van der Waals surface area contributed by atoms with Gasteiger partial charge in [0.15, 0.2) is 5.96 Å². The van der Waals surface area contributed by atoms with Crippen molar-refractivity contribution >= 4 is 88.8 Å². The van der Waals surface area contributed by atoms with Gasteiger partial charge in [0.2, 0.25) is 70.9 Å². The average Bonchev–Trinajstić information content (AvgIpc) is 1.51. The predicted octanol–water partition coefficient (Wildman–Crippen LogP) is -9.17. The molecule has 0 aromatic carbocycles. The Hall–Kier alpha value is -8.39. The number of carboxylic acids is 2. The quantitative estimate of drug-likeness (QED) is 0.0153. The Labute approximate surface area is 531 Å². The Kier molecular flexibility index (Phi) is 37.2. The number of carbonyl (C=O) groups is 14. The van der Waals surface area contributed by atoms with E-state index < -0.39 is 213 Å². The average molecular weight is 1320 g/mol. The van der Waals surface area contributed by atoms with Crippen LogP contribution in [0, 0.1) is 17.8 Å². The minimum atomic E-state index is -1.98. The lowest BCUT2D eigenvalue weighted by Crippen LogP contribution is -2.62. The van der Waals surface area contributed by atoms with Crippen LogP contribution in [0.4, 0.5) is 0 Å². The fourth-order valence-electron chi connectivity index (χ4n) is 9.12.